The Balaban J connectivity index is 2.47. The summed E-state index contributed by atoms with van der Waals surface area (Å²) in [6.45, 7) is 1.83. The van der Waals surface area contributed by atoms with Gasteiger partial charge in [-0.2, -0.15) is 13.2 Å². The van der Waals surface area contributed by atoms with Gasteiger partial charge in [0.25, 0.3) is 5.16 Å². The van der Waals surface area contributed by atoms with Crippen LogP contribution in [0.5, 0.6) is 0 Å². The monoisotopic (exact) mass is 349 g/mol. The molecule has 0 radical (unpaired) electrons. The Labute approximate surface area is 129 Å². The predicted molar refractivity (Wildman–Crippen MR) is 75.5 cm³/mol. The Morgan fingerprint density at radius 3 is 2.52 bits per heavy atom. The number of aromatic nitrogens is 3. The summed E-state index contributed by atoms with van der Waals surface area (Å²) in [4.78, 5) is 11.6. The van der Waals surface area contributed by atoms with Crippen LogP contribution in [0.25, 0.3) is 0 Å². The highest BCUT2D eigenvalue weighted by Gasteiger charge is 2.35. The average Bonchev–Trinajstić information content (AvgIpc) is 2.80. The van der Waals surface area contributed by atoms with Gasteiger partial charge in [0.1, 0.15) is 0 Å². The summed E-state index contributed by atoms with van der Waals surface area (Å²) in [6.07, 6.45) is -4.19. The molecule has 0 aliphatic rings. The topological polar surface area (TPSA) is 84.8 Å². The molecule has 0 aliphatic heterocycles. The van der Waals surface area contributed by atoms with Gasteiger partial charge in [-0.15, -0.1) is 5.10 Å². The Bertz CT molecular complexity index is 853. The molecular weight excluding hydrogens is 335 g/mol. The number of H-pyrrole nitrogens is 1. The molecule has 0 bridgehead atoms. The van der Waals surface area contributed by atoms with Crippen LogP contribution in [0.1, 0.15) is 24.5 Å². The van der Waals surface area contributed by atoms with Crippen molar-refractivity contribution in [1.82, 2.24) is 14.8 Å². The number of hydrogen-bond donors (Lipinski definition) is 1. The van der Waals surface area contributed by atoms with Crippen LogP contribution >= 0.6 is 0 Å². The molecule has 1 aromatic heterocycles. The van der Waals surface area contributed by atoms with E-state index in [-0.39, 0.29) is 6.54 Å². The van der Waals surface area contributed by atoms with E-state index >= 15 is 0 Å². The summed E-state index contributed by atoms with van der Waals surface area (Å²) in [6, 6.07) is 4.41. The fraction of sp³-hybridized carbons (Fsp3) is 0.385. The molecule has 0 saturated heterocycles. The first-order valence-corrected chi connectivity index (χ1v) is 8.35. The van der Waals surface area contributed by atoms with E-state index in [2.05, 4.69) is 5.10 Å². The molecule has 0 spiro atoms. The van der Waals surface area contributed by atoms with Crippen LogP contribution in [-0.4, -0.2) is 23.2 Å². The number of hydrogen-bond acceptors (Lipinski definition) is 4. The van der Waals surface area contributed by atoms with E-state index in [1.165, 1.54) is 12.1 Å². The Morgan fingerprint density at radius 2 is 1.91 bits per heavy atom. The lowest BCUT2D eigenvalue weighted by molar-refractivity contribution is -0.138. The molecular formula is C13H14F3N3O3S. The molecule has 10 heteroatoms. The molecule has 0 saturated carbocycles. The maximum absolute atomic E-state index is 13.0. The Kier molecular flexibility index (Phi) is 4.64. The van der Waals surface area contributed by atoms with Gasteiger partial charge in [0.15, 0.2) is 0 Å². The van der Waals surface area contributed by atoms with Crippen LogP contribution in [0.4, 0.5) is 13.2 Å². The summed E-state index contributed by atoms with van der Waals surface area (Å²) in [7, 11) is -4.21. The molecule has 0 aliphatic carbocycles. The molecule has 0 atom stereocenters. The summed E-state index contributed by atoms with van der Waals surface area (Å²) in [5, 5.41) is 4.91. The standard InChI is InChI=1S/C13H14F3N3O3S/c1-2-7-19-11(20)17-18-12(19)23(21,22)8-9-5-3-4-6-10(9)13(14,15)16/h3-6H,2,7-8H2,1H3,(H,17,20). The molecule has 0 fully saturated rings. The van der Waals surface area contributed by atoms with Crippen molar-refractivity contribution >= 4 is 9.84 Å². The zero-order valence-corrected chi connectivity index (χ0v) is 12.9. The summed E-state index contributed by atoms with van der Waals surface area (Å²) in [5.41, 5.74) is -2.13. The molecule has 6 nitrogen and oxygen atoms in total. The predicted octanol–water partition coefficient (Wildman–Crippen LogP) is 1.97. The number of alkyl halides is 3. The maximum atomic E-state index is 13.0. The number of rotatable bonds is 5. The van der Waals surface area contributed by atoms with Crippen molar-refractivity contribution in [3.8, 4) is 0 Å². The molecule has 2 rings (SSSR count). The highest BCUT2D eigenvalue weighted by atomic mass is 32.2. The number of benzene rings is 1. The Hall–Kier alpha value is -2.10. The van der Waals surface area contributed by atoms with Gasteiger partial charge >= 0.3 is 11.9 Å². The van der Waals surface area contributed by atoms with Gasteiger partial charge in [-0.25, -0.2) is 18.3 Å². The largest absolute Gasteiger partial charge is 0.416 e. The van der Waals surface area contributed by atoms with Gasteiger partial charge in [-0.05, 0) is 18.1 Å². The summed E-state index contributed by atoms with van der Waals surface area (Å²) in [5.74, 6) is -0.892. The molecule has 0 unspecified atom stereocenters. The van der Waals surface area contributed by atoms with E-state index in [4.69, 9.17) is 0 Å². The molecule has 126 valence electrons. The minimum absolute atomic E-state index is 0.102. The zero-order chi connectivity index (χ0) is 17.3. The fourth-order valence-electron chi connectivity index (χ4n) is 2.15. The van der Waals surface area contributed by atoms with Gasteiger partial charge in [0.05, 0.1) is 11.3 Å². The van der Waals surface area contributed by atoms with Crippen LogP contribution in [0.3, 0.4) is 0 Å². The molecule has 2 aromatic rings. The number of nitrogens with zero attached hydrogens (tertiary/aromatic N) is 2. The second-order valence-corrected chi connectivity index (χ2v) is 6.76. The van der Waals surface area contributed by atoms with Crippen LogP contribution in [0.15, 0.2) is 34.2 Å². The van der Waals surface area contributed by atoms with Crippen LogP contribution in [0, 0.1) is 0 Å². The summed E-state index contributed by atoms with van der Waals surface area (Å²) < 4.78 is 64.5. The van der Waals surface area contributed by atoms with Crippen molar-refractivity contribution < 1.29 is 21.6 Å². The third kappa shape index (κ3) is 3.63. The number of aromatic amines is 1. The van der Waals surface area contributed by atoms with Crippen molar-refractivity contribution in [2.75, 3.05) is 0 Å². The van der Waals surface area contributed by atoms with Crippen molar-refractivity contribution in [3.05, 3.63) is 45.9 Å². The average molecular weight is 349 g/mol. The van der Waals surface area contributed by atoms with Gasteiger partial charge in [0.2, 0.25) is 9.84 Å². The Morgan fingerprint density at radius 1 is 1.26 bits per heavy atom. The van der Waals surface area contributed by atoms with E-state index < -0.39 is 43.7 Å². The molecule has 1 N–H and O–H groups in total. The molecule has 1 aromatic carbocycles. The number of sulfone groups is 1. The van der Waals surface area contributed by atoms with E-state index in [1.807, 2.05) is 5.10 Å². The fourth-order valence-corrected chi connectivity index (χ4v) is 3.64. The third-order valence-corrected chi connectivity index (χ3v) is 4.68. The third-order valence-electron chi connectivity index (χ3n) is 3.12. The lowest BCUT2D eigenvalue weighted by Gasteiger charge is -2.12. The quantitative estimate of drug-likeness (QED) is 0.894. The highest BCUT2D eigenvalue weighted by Crippen LogP contribution is 2.33. The van der Waals surface area contributed by atoms with Gasteiger partial charge in [-0.1, -0.05) is 25.1 Å². The normalized spacial score (nSPS) is 12.5. The first-order chi connectivity index (χ1) is 10.7. The maximum Gasteiger partial charge on any atom is 0.416 e. The summed E-state index contributed by atoms with van der Waals surface area (Å²) >= 11 is 0. The first-order valence-electron chi connectivity index (χ1n) is 6.70. The molecule has 1 heterocycles. The lowest BCUT2D eigenvalue weighted by atomic mass is 10.1. The van der Waals surface area contributed by atoms with E-state index in [0.717, 1.165) is 16.7 Å². The van der Waals surface area contributed by atoms with Crippen LogP contribution in [-0.2, 0) is 28.3 Å². The van der Waals surface area contributed by atoms with Crippen LogP contribution < -0.4 is 5.69 Å². The first kappa shape index (κ1) is 17.3. The smallest absolute Gasteiger partial charge is 0.266 e. The second kappa shape index (κ2) is 6.19. The van der Waals surface area contributed by atoms with Crippen molar-refractivity contribution in [1.29, 1.82) is 0 Å². The van der Waals surface area contributed by atoms with E-state index in [9.17, 15) is 26.4 Å². The van der Waals surface area contributed by atoms with Crippen LogP contribution in [0.2, 0.25) is 0 Å². The second-order valence-electron chi connectivity index (χ2n) is 4.88. The van der Waals surface area contributed by atoms with Gasteiger partial charge in [-0.3, -0.25) is 4.57 Å². The van der Waals surface area contributed by atoms with E-state index in [1.54, 1.807) is 6.92 Å². The van der Waals surface area contributed by atoms with Crippen molar-refractivity contribution in [3.63, 3.8) is 0 Å². The lowest BCUT2D eigenvalue weighted by Crippen LogP contribution is -2.22. The van der Waals surface area contributed by atoms with Crippen molar-refractivity contribution in [2.45, 2.75) is 37.0 Å². The number of nitrogens with one attached hydrogen (secondary N) is 1. The minimum atomic E-state index is -4.67. The number of halogens is 3. The highest BCUT2D eigenvalue weighted by molar-refractivity contribution is 7.90. The SMILES string of the molecule is CCCn1c(S(=O)(=O)Cc2ccccc2C(F)(F)F)n[nH]c1=O. The van der Waals surface area contributed by atoms with Gasteiger partial charge < -0.3 is 0 Å². The van der Waals surface area contributed by atoms with Crippen molar-refractivity contribution in [2.24, 2.45) is 0 Å². The van der Waals surface area contributed by atoms with Gasteiger partial charge in [0, 0.05) is 6.54 Å². The minimum Gasteiger partial charge on any atom is -0.266 e. The zero-order valence-electron chi connectivity index (χ0n) is 12.1. The molecule has 23 heavy (non-hydrogen) atoms. The molecule has 0 amide bonds. The van der Waals surface area contributed by atoms with E-state index in [0.29, 0.717) is 6.42 Å².